The van der Waals surface area contributed by atoms with Crippen LogP contribution in [0.1, 0.15) is 24.1 Å². The lowest BCUT2D eigenvalue weighted by molar-refractivity contribution is -0.125. The van der Waals surface area contributed by atoms with Gasteiger partial charge in [0, 0.05) is 13.1 Å². The number of urea groups is 1. The van der Waals surface area contributed by atoms with E-state index in [1.54, 1.807) is 31.0 Å². The van der Waals surface area contributed by atoms with Crippen molar-refractivity contribution in [3.05, 3.63) is 71.5 Å². The van der Waals surface area contributed by atoms with Gasteiger partial charge in [-0.3, -0.25) is 15.0 Å². The SMILES string of the molecule is CCNC(=O)NC(=O)[C@@H](c1ccccc1)N(C)Cc1cccc(F)c1. The zero-order chi connectivity index (χ0) is 18.2. The largest absolute Gasteiger partial charge is 0.338 e. The average molecular weight is 343 g/mol. The topological polar surface area (TPSA) is 61.4 Å². The fourth-order valence-corrected chi connectivity index (χ4v) is 2.64. The number of likely N-dealkylation sites (N-methyl/N-ethyl adjacent to an activating group) is 1. The zero-order valence-electron chi connectivity index (χ0n) is 14.3. The highest BCUT2D eigenvalue weighted by molar-refractivity contribution is 5.97. The van der Waals surface area contributed by atoms with Crippen LogP contribution in [0.3, 0.4) is 0 Å². The van der Waals surface area contributed by atoms with Crippen molar-refractivity contribution < 1.29 is 14.0 Å². The van der Waals surface area contributed by atoms with Gasteiger partial charge in [0.1, 0.15) is 11.9 Å². The summed E-state index contributed by atoms with van der Waals surface area (Å²) in [6.45, 7) is 2.56. The summed E-state index contributed by atoms with van der Waals surface area (Å²) in [7, 11) is 1.76. The van der Waals surface area contributed by atoms with Crippen LogP contribution in [0.5, 0.6) is 0 Å². The molecule has 0 spiro atoms. The van der Waals surface area contributed by atoms with Crippen molar-refractivity contribution in [2.24, 2.45) is 0 Å². The summed E-state index contributed by atoms with van der Waals surface area (Å²) in [5, 5.41) is 4.89. The zero-order valence-corrected chi connectivity index (χ0v) is 14.3. The Balaban J connectivity index is 2.21. The Labute approximate surface area is 146 Å². The lowest BCUT2D eigenvalue weighted by atomic mass is 10.0. The van der Waals surface area contributed by atoms with Gasteiger partial charge >= 0.3 is 6.03 Å². The van der Waals surface area contributed by atoms with Crippen LogP contribution in [-0.4, -0.2) is 30.4 Å². The van der Waals surface area contributed by atoms with E-state index in [2.05, 4.69) is 10.6 Å². The fraction of sp³-hybridized carbons (Fsp3) is 0.263. The Morgan fingerprint density at radius 3 is 2.48 bits per heavy atom. The van der Waals surface area contributed by atoms with E-state index >= 15 is 0 Å². The van der Waals surface area contributed by atoms with Crippen LogP contribution in [0.4, 0.5) is 9.18 Å². The van der Waals surface area contributed by atoms with E-state index < -0.39 is 18.0 Å². The van der Waals surface area contributed by atoms with Crippen molar-refractivity contribution in [2.75, 3.05) is 13.6 Å². The Morgan fingerprint density at radius 1 is 1.12 bits per heavy atom. The smallest absolute Gasteiger partial charge is 0.321 e. The van der Waals surface area contributed by atoms with E-state index in [4.69, 9.17) is 0 Å². The number of nitrogens with zero attached hydrogens (tertiary/aromatic N) is 1. The molecule has 2 rings (SSSR count). The molecule has 0 aromatic heterocycles. The van der Waals surface area contributed by atoms with Gasteiger partial charge in [0.2, 0.25) is 5.91 Å². The molecular formula is C19H22FN3O2. The van der Waals surface area contributed by atoms with E-state index in [0.717, 1.165) is 11.1 Å². The molecule has 2 aromatic carbocycles. The average Bonchev–Trinajstić information content (AvgIpc) is 2.56. The van der Waals surface area contributed by atoms with E-state index in [1.165, 1.54) is 12.1 Å². The Bertz CT molecular complexity index is 722. The van der Waals surface area contributed by atoms with E-state index in [0.29, 0.717) is 13.1 Å². The summed E-state index contributed by atoms with van der Waals surface area (Å²) < 4.78 is 13.4. The van der Waals surface area contributed by atoms with Gasteiger partial charge in [-0.25, -0.2) is 9.18 Å². The number of amides is 3. The summed E-state index contributed by atoms with van der Waals surface area (Å²) in [6, 6.07) is 14.2. The van der Waals surface area contributed by atoms with Gasteiger partial charge in [-0.1, -0.05) is 42.5 Å². The number of rotatable bonds is 6. The summed E-state index contributed by atoms with van der Waals surface area (Å²) in [5.74, 6) is -0.759. The van der Waals surface area contributed by atoms with Crippen LogP contribution in [0, 0.1) is 5.82 Å². The highest BCUT2D eigenvalue weighted by atomic mass is 19.1. The minimum Gasteiger partial charge on any atom is -0.338 e. The molecule has 25 heavy (non-hydrogen) atoms. The first-order valence-corrected chi connectivity index (χ1v) is 8.09. The second kappa shape index (κ2) is 8.94. The molecule has 0 aliphatic rings. The van der Waals surface area contributed by atoms with Gasteiger partial charge in [-0.2, -0.15) is 0 Å². The maximum Gasteiger partial charge on any atom is 0.321 e. The van der Waals surface area contributed by atoms with E-state index in [-0.39, 0.29) is 5.82 Å². The number of imide groups is 1. The predicted octanol–water partition coefficient (Wildman–Crippen LogP) is 2.84. The molecule has 2 N–H and O–H groups in total. The lowest BCUT2D eigenvalue weighted by Gasteiger charge is -2.27. The molecule has 1 atom stereocenters. The van der Waals surface area contributed by atoms with Gasteiger partial charge in [0.05, 0.1) is 0 Å². The molecule has 5 nitrogen and oxygen atoms in total. The predicted molar refractivity (Wildman–Crippen MR) is 94.3 cm³/mol. The van der Waals surface area contributed by atoms with Crippen molar-refractivity contribution in [3.63, 3.8) is 0 Å². The van der Waals surface area contributed by atoms with E-state index in [9.17, 15) is 14.0 Å². The maximum absolute atomic E-state index is 13.4. The standard InChI is InChI=1S/C19H22FN3O2/c1-3-21-19(25)22-18(24)17(15-9-5-4-6-10-15)23(2)13-14-8-7-11-16(20)12-14/h4-12,17H,3,13H2,1-2H3,(H2,21,22,24,25)/t17-/m1/s1. The number of carbonyl (C=O) groups is 2. The highest BCUT2D eigenvalue weighted by Crippen LogP contribution is 2.22. The molecule has 0 bridgehead atoms. The Morgan fingerprint density at radius 2 is 1.84 bits per heavy atom. The Hall–Kier alpha value is -2.73. The molecule has 132 valence electrons. The van der Waals surface area contributed by atoms with Crippen LogP contribution in [0.15, 0.2) is 54.6 Å². The molecule has 0 aliphatic carbocycles. The molecule has 2 aromatic rings. The number of hydrogen-bond donors (Lipinski definition) is 2. The van der Waals surface area contributed by atoms with E-state index in [1.807, 2.05) is 30.3 Å². The van der Waals surface area contributed by atoms with Crippen molar-refractivity contribution in [1.29, 1.82) is 0 Å². The lowest BCUT2D eigenvalue weighted by Crippen LogP contribution is -2.45. The number of benzene rings is 2. The molecular weight excluding hydrogens is 321 g/mol. The first kappa shape index (κ1) is 18.6. The van der Waals surface area contributed by atoms with Gasteiger partial charge in [-0.15, -0.1) is 0 Å². The van der Waals surface area contributed by atoms with Crippen LogP contribution >= 0.6 is 0 Å². The number of nitrogens with one attached hydrogen (secondary N) is 2. The minimum atomic E-state index is -0.674. The Kier molecular flexibility index (Phi) is 6.65. The van der Waals surface area contributed by atoms with Gasteiger partial charge in [0.15, 0.2) is 0 Å². The van der Waals surface area contributed by atoms with Gasteiger partial charge < -0.3 is 5.32 Å². The second-order valence-corrected chi connectivity index (χ2v) is 5.71. The molecule has 0 saturated carbocycles. The number of carbonyl (C=O) groups excluding carboxylic acids is 2. The van der Waals surface area contributed by atoms with Crippen molar-refractivity contribution in [3.8, 4) is 0 Å². The summed E-state index contributed by atoms with van der Waals surface area (Å²) >= 11 is 0. The van der Waals surface area contributed by atoms with Crippen molar-refractivity contribution >= 4 is 11.9 Å². The number of halogens is 1. The summed E-state index contributed by atoms with van der Waals surface area (Å²) in [6.07, 6.45) is 0. The molecule has 6 heteroatoms. The minimum absolute atomic E-state index is 0.325. The first-order chi connectivity index (χ1) is 12.0. The quantitative estimate of drug-likeness (QED) is 0.848. The van der Waals surface area contributed by atoms with Crippen LogP contribution < -0.4 is 10.6 Å². The molecule has 0 radical (unpaired) electrons. The normalized spacial score (nSPS) is 11.8. The molecule has 3 amide bonds. The van der Waals surface area contributed by atoms with Crippen molar-refractivity contribution in [1.82, 2.24) is 15.5 Å². The van der Waals surface area contributed by atoms with Crippen LogP contribution in [0.25, 0.3) is 0 Å². The monoisotopic (exact) mass is 343 g/mol. The van der Waals surface area contributed by atoms with Crippen molar-refractivity contribution in [2.45, 2.75) is 19.5 Å². The third-order valence-electron chi connectivity index (χ3n) is 3.70. The third kappa shape index (κ3) is 5.39. The second-order valence-electron chi connectivity index (χ2n) is 5.71. The molecule has 0 saturated heterocycles. The number of hydrogen-bond acceptors (Lipinski definition) is 3. The van der Waals surface area contributed by atoms with Crippen LogP contribution in [0.2, 0.25) is 0 Å². The molecule has 0 aliphatic heterocycles. The van der Waals surface area contributed by atoms with Crippen LogP contribution in [-0.2, 0) is 11.3 Å². The first-order valence-electron chi connectivity index (χ1n) is 8.09. The molecule has 0 fully saturated rings. The molecule has 0 unspecified atom stereocenters. The summed E-state index contributed by atoms with van der Waals surface area (Å²) in [5.41, 5.74) is 1.50. The van der Waals surface area contributed by atoms with Gasteiger partial charge in [-0.05, 0) is 37.2 Å². The third-order valence-corrected chi connectivity index (χ3v) is 3.70. The maximum atomic E-state index is 13.4. The fourth-order valence-electron chi connectivity index (χ4n) is 2.64. The molecule has 0 heterocycles. The highest BCUT2D eigenvalue weighted by Gasteiger charge is 2.26. The van der Waals surface area contributed by atoms with Gasteiger partial charge in [0.25, 0.3) is 0 Å². The summed E-state index contributed by atoms with van der Waals surface area (Å²) in [4.78, 5) is 26.1.